The summed E-state index contributed by atoms with van der Waals surface area (Å²) in [5.41, 5.74) is 4.20. The molecular formula is C21H16F3NO3. The summed E-state index contributed by atoms with van der Waals surface area (Å²) < 4.78 is 41.2. The van der Waals surface area contributed by atoms with Crippen LogP contribution >= 0.6 is 0 Å². The van der Waals surface area contributed by atoms with Gasteiger partial charge in [0.1, 0.15) is 5.75 Å². The summed E-state index contributed by atoms with van der Waals surface area (Å²) in [4.78, 5) is 12.2. The van der Waals surface area contributed by atoms with Crippen molar-refractivity contribution in [3.05, 3.63) is 90.0 Å². The van der Waals surface area contributed by atoms with Gasteiger partial charge < -0.3 is 4.74 Å². The lowest BCUT2D eigenvalue weighted by Gasteiger charge is -2.16. The van der Waals surface area contributed by atoms with Gasteiger partial charge in [0.05, 0.1) is 5.92 Å². The second-order valence-corrected chi connectivity index (χ2v) is 6.02. The van der Waals surface area contributed by atoms with Crippen LogP contribution in [-0.4, -0.2) is 17.5 Å². The second kappa shape index (κ2) is 8.14. The lowest BCUT2D eigenvalue weighted by atomic mass is 9.89. The maximum atomic E-state index is 12.4. The predicted molar refractivity (Wildman–Crippen MR) is 96.8 cm³/mol. The fourth-order valence-electron chi connectivity index (χ4n) is 2.95. The molecule has 0 saturated carbocycles. The van der Waals surface area contributed by atoms with Crippen LogP contribution in [-0.2, 0) is 4.79 Å². The molecule has 2 N–H and O–H groups in total. The molecule has 3 aromatic carbocycles. The number of amides is 1. The van der Waals surface area contributed by atoms with Gasteiger partial charge in [-0.1, -0.05) is 66.7 Å². The van der Waals surface area contributed by atoms with E-state index in [-0.39, 0.29) is 5.75 Å². The van der Waals surface area contributed by atoms with Gasteiger partial charge in [-0.15, -0.1) is 13.2 Å². The van der Waals surface area contributed by atoms with E-state index in [0.29, 0.717) is 22.3 Å². The maximum absolute atomic E-state index is 12.4. The number of hydrogen-bond donors (Lipinski definition) is 2. The number of alkyl halides is 3. The van der Waals surface area contributed by atoms with E-state index < -0.39 is 18.2 Å². The molecule has 0 aliphatic heterocycles. The molecule has 0 aliphatic rings. The van der Waals surface area contributed by atoms with Crippen molar-refractivity contribution in [3.63, 3.8) is 0 Å². The Kier molecular flexibility index (Phi) is 5.65. The second-order valence-electron chi connectivity index (χ2n) is 6.02. The summed E-state index contributed by atoms with van der Waals surface area (Å²) in [5, 5.41) is 9.08. The fraction of sp³-hybridized carbons (Fsp3) is 0.0952. The summed E-state index contributed by atoms with van der Waals surface area (Å²) in [6, 6.07) is 21.4. The predicted octanol–water partition coefficient (Wildman–Crippen LogP) is 4.89. The monoisotopic (exact) mass is 387 g/mol. The molecule has 144 valence electrons. The van der Waals surface area contributed by atoms with Gasteiger partial charge in [-0.3, -0.25) is 10.0 Å². The number of carbonyl (C=O) groups is 1. The third-order valence-corrected chi connectivity index (χ3v) is 4.15. The van der Waals surface area contributed by atoms with Crippen molar-refractivity contribution in [1.82, 2.24) is 5.48 Å². The van der Waals surface area contributed by atoms with Gasteiger partial charge in [0.2, 0.25) is 0 Å². The Morgan fingerprint density at radius 1 is 0.857 bits per heavy atom. The van der Waals surface area contributed by atoms with Crippen molar-refractivity contribution in [1.29, 1.82) is 0 Å². The first-order valence-electron chi connectivity index (χ1n) is 8.32. The van der Waals surface area contributed by atoms with E-state index in [1.54, 1.807) is 60.1 Å². The SMILES string of the molecule is O=C(NO)C(c1ccccc1)c1ccc(-c2cccc(OC(F)(F)F)c2)cc1. The minimum atomic E-state index is -4.76. The highest BCUT2D eigenvalue weighted by Gasteiger charge is 2.31. The van der Waals surface area contributed by atoms with Crippen LogP contribution in [0.15, 0.2) is 78.9 Å². The Hall–Kier alpha value is -3.32. The minimum absolute atomic E-state index is 0.309. The third-order valence-electron chi connectivity index (χ3n) is 4.15. The minimum Gasteiger partial charge on any atom is -0.406 e. The number of carbonyl (C=O) groups excluding carboxylic acids is 1. The van der Waals surface area contributed by atoms with E-state index >= 15 is 0 Å². The maximum Gasteiger partial charge on any atom is 0.573 e. The number of hydroxylamine groups is 1. The van der Waals surface area contributed by atoms with E-state index in [9.17, 15) is 18.0 Å². The molecule has 0 bridgehead atoms. The Balaban J connectivity index is 1.90. The van der Waals surface area contributed by atoms with E-state index in [1.807, 2.05) is 6.07 Å². The highest BCUT2D eigenvalue weighted by atomic mass is 19.4. The number of benzene rings is 3. The number of hydrogen-bond acceptors (Lipinski definition) is 3. The van der Waals surface area contributed by atoms with Crippen molar-refractivity contribution < 1.29 is 27.9 Å². The van der Waals surface area contributed by atoms with Crippen LogP contribution in [0.25, 0.3) is 11.1 Å². The largest absolute Gasteiger partial charge is 0.573 e. The molecule has 0 aromatic heterocycles. The van der Waals surface area contributed by atoms with Crippen LogP contribution in [0, 0.1) is 0 Å². The molecular weight excluding hydrogens is 371 g/mol. The summed E-state index contributed by atoms with van der Waals surface area (Å²) in [7, 11) is 0. The molecule has 3 aromatic rings. The number of nitrogens with one attached hydrogen (secondary N) is 1. The van der Waals surface area contributed by atoms with Crippen LogP contribution < -0.4 is 10.2 Å². The van der Waals surface area contributed by atoms with Gasteiger partial charge in [0.15, 0.2) is 0 Å². The van der Waals surface area contributed by atoms with Crippen LogP contribution in [0.5, 0.6) is 5.75 Å². The molecule has 0 fully saturated rings. The summed E-state index contributed by atoms with van der Waals surface area (Å²) in [5.74, 6) is -1.62. The first-order chi connectivity index (χ1) is 13.4. The molecule has 7 heteroatoms. The molecule has 28 heavy (non-hydrogen) atoms. The first-order valence-corrected chi connectivity index (χ1v) is 8.32. The van der Waals surface area contributed by atoms with Gasteiger partial charge in [-0.05, 0) is 34.4 Å². The van der Waals surface area contributed by atoms with Gasteiger partial charge in [0.25, 0.3) is 5.91 Å². The molecule has 0 radical (unpaired) electrons. The zero-order chi connectivity index (χ0) is 20.1. The fourth-order valence-corrected chi connectivity index (χ4v) is 2.95. The average molecular weight is 387 g/mol. The summed E-state index contributed by atoms with van der Waals surface area (Å²) in [6.07, 6.45) is -4.76. The van der Waals surface area contributed by atoms with Crippen molar-refractivity contribution in [2.45, 2.75) is 12.3 Å². The highest BCUT2D eigenvalue weighted by molar-refractivity contribution is 5.86. The van der Waals surface area contributed by atoms with E-state index in [2.05, 4.69) is 4.74 Å². The third kappa shape index (κ3) is 4.69. The zero-order valence-electron chi connectivity index (χ0n) is 14.5. The Labute approximate surface area is 159 Å². The molecule has 3 rings (SSSR count). The number of halogens is 3. The van der Waals surface area contributed by atoms with E-state index in [1.165, 1.54) is 18.2 Å². The topological polar surface area (TPSA) is 58.6 Å². The van der Waals surface area contributed by atoms with Crippen LogP contribution in [0.1, 0.15) is 17.0 Å². The van der Waals surface area contributed by atoms with Crippen LogP contribution in [0.3, 0.4) is 0 Å². The Morgan fingerprint density at radius 3 is 2.11 bits per heavy atom. The molecule has 0 saturated heterocycles. The lowest BCUT2D eigenvalue weighted by molar-refractivity contribution is -0.274. The highest BCUT2D eigenvalue weighted by Crippen LogP contribution is 2.30. The Morgan fingerprint density at radius 2 is 1.50 bits per heavy atom. The smallest absolute Gasteiger partial charge is 0.406 e. The summed E-state index contributed by atoms with van der Waals surface area (Å²) >= 11 is 0. The first kappa shape index (κ1) is 19.4. The molecule has 1 atom stereocenters. The molecule has 4 nitrogen and oxygen atoms in total. The quantitative estimate of drug-likeness (QED) is 0.484. The van der Waals surface area contributed by atoms with Gasteiger partial charge in [-0.2, -0.15) is 0 Å². The molecule has 0 aliphatic carbocycles. The van der Waals surface area contributed by atoms with Gasteiger partial charge in [-0.25, -0.2) is 5.48 Å². The van der Waals surface area contributed by atoms with Crippen molar-refractivity contribution in [2.24, 2.45) is 0 Å². The van der Waals surface area contributed by atoms with Crippen molar-refractivity contribution >= 4 is 5.91 Å². The van der Waals surface area contributed by atoms with Crippen LogP contribution in [0.4, 0.5) is 13.2 Å². The Bertz CT molecular complexity index is 941. The van der Waals surface area contributed by atoms with E-state index in [0.717, 1.165) is 0 Å². The average Bonchev–Trinajstić information content (AvgIpc) is 2.68. The van der Waals surface area contributed by atoms with E-state index in [4.69, 9.17) is 5.21 Å². The molecule has 0 spiro atoms. The number of ether oxygens (including phenoxy) is 1. The zero-order valence-corrected chi connectivity index (χ0v) is 14.5. The normalized spacial score (nSPS) is 12.3. The molecule has 1 unspecified atom stereocenters. The molecule has 0 heterocycles. The molecule has 1 amide bonds. The summed E-state index contributed by atoms with van der Waals surface area (Å²) in [6.45, 7) is 0. The van der Waals surface area contributed by atoms with Crippen LogP contribution in [0.2, 0.25) is 0 Å². The van der Waals surface area contributed by atoms with Gasteiger partial charge in [0, 0.05) is 0 Å². The standard InChI is InChI=1S/C21H16F3NO3/c22-21(23,24)28-18-8-4-7-17(13-18)14-9-11-16(12-10-14)19(20(26)25-27)15-5-2-1-3-6-15/h1-13,19,27H,(H,25,26). The van der Waals surface area contributed by atoms with Crippen molar-refractivity contribution in [2.75, 3.05) is 0 Å². The van der Waals surface area contributed by atoms with Gasteiger partial charge >= 0.3 is 6.36 Å². The lowest BCUT2D eigenvalue weighted by Crippen LogP contribution is -2.27. The number of rotatable bonds is 5. The van der Waals surface area contributed by atoms with Crippen molar-refractivity contribution in [3.8, 4) is 16.9 Å².